The Bertz CT molecular complexity index is 869. The molecule has 1 aliphatic heterocycles. The lowest BCUT2D eigenvalue weighted by Crippen LogP contribution is -2.32. The molecule has 3 rings (SSSR count). The summed E-state index contributed by atoms with van der Waals surface area (Å²) in [5.41, 5.74) is -0.177. The van der Waals surface area contributed by atoms with E-state index in [-0.39, 0.29) is 11.1 Å². The highest BCUT2D eigenvalue weighted by molar-refractivity contribution is 5.78. The largest absolute Gasteiger partial charge is 0.321 e. The number of aryl methyl sites for hydroxylation is 1. The first kappa shape index (κ1) is 15.5. The lowest BCUT2D eigenvalue weighted by atomic mass is 10.2. The Hall–Kier alpha value is -2.39. The number of hydrogen-bond donors (Lipinski definition) is 1. The Morgan fingerprint density at radius 2 is 2.09 bits per heavy atom. The van der Waals surface area contributed by atoms with Crippen LogP contribution in [0.5, 0.6) is 0 Å². The van der Waals surface area contributed by atoms with Gasteiger partial charge in [0, 0.05) is 18.8 Å². The summed E-state index contributed by atoms with van der Waals surface area (Å²) in [6.45, 7) is 5.11. The van der Waals surface area contributed by atoms with Crippen LogP contribution in [0.25, 0.3) is 10.9 Å². The molecule has 1 saturated heterocycles. The van der Waals surface area contributed by atoms with Gasteiger partial charge in [-0.15, -0.1) is 0 Å². The van der Waals surface area contributed by atoms with Crippen LogP contribution in [0.3, 0.4) is 0 Å². The summed E-state index contributed by atoms with van der Waals surface area (Å²) in [5, 5.41) is 9.34. The van der Waals surface area contributed by atoms with E-state index in [1.807, 2.05) is 6.07 Å². The van der Waals surface area contributed by atoms with E-state index in [0.29, 0.717) is 23.5 Å². The molecule has 0 radical (unpaired) electrons. The Morgan fingerprint density at radius 1 is 1.35 bits per heavy atom. The molecule has 0 saturated carbocycles. The van der Waals surface area contributed by atoms with E-state index in [9.17, 15) is 9.59 Å². The van der Waals surface area contributed by atoms with Crippen LogP contribution in [0.2, 0.25) is 0 Å². The van der Waals surface area contributed by atoms with Crippen LogP contribution >= 0.6 is 0 Å². The van der Waals surface area contributed by atoms with E-state index in [1.165, 1.54) is 18.9 Å². The summed E-state index contributed by atoms with van der Waals surface area (Å²) in [7, 11) is 0. The van der Waals surface area contributed by atoms with Gasteiger partial charge in [0.15, 0.2) is 0 Å². The third-order valence-electron chi connectivity index (χ3n) is 4.66. The van der Waals surface area contributed by atoms with Crippen molar-refractivity contribution in [1.29, 1.82) is 5.26 Å². The van der Waals surface area contributed by atoms with Gasteiger partial charge in [0.2, 0.25) is 0 Å². The topological polar surface area (TPSA) is 81.9 Å². The SMILES string of the molecule is C[C@H](CCn1ccc2[nH]c(=O)c(C#N)cc2c1=O)N1CCCC1. The lowest BCUT2D eigenvalue weighted by Gasteiger charge is -2.23. The molecule has 1 N–H and O–H groups in total. The summed E-state index contributed by atoms with van der Waals surface area (Å²) in [4.78, 5) is 29.2. The highest BCUT2D eigenvalue weighted by Gasteiger charge is 2.18. The van der Waals surface area contributed by atoms with Crippen molar-refractivity contribution >= 4 is 10.9 Å². The Balaban J connectivity index is 1.85. The smallest absolute Gasteiger partial charge is 0.266 e. The predicted octanol–water partition coefficient (Wildman–Crippen LogP) is 1.44. The van der Waals surface area contributed by atoms with Crippen molar-refractivity contribution < 1.29 is 0 Å². The maximum Gasteiger partial charge on any atom is 0.266 e. The Morgan fingerprint density at radius 3 is 2.78 bits per heavy atom. The molecule has 0 bridgehead atoms. The van der Waals surface area contributed by atoms with Crippen molar-refractivity contribution in [3.63, 3.8) is 0 Å². The first-order valence-electron chi connectivity index (χ1n) is 8.01. The number of aromatic amines is 1. The minimum Gasteiger partial charge on any atom is -0.321 e. The van der Waals surface area contributed by atoms with Crippen LogP contribution in [-0.2, 0) is 6.54 Å². The van der Waals surface area contributed by atoms with Crippen LogP contribution in [0, 0.1) is 11.3 Å². The molecule has 2 aromatic heterocycles. The van der Waals surface area contributed by atoms with Gasteiger partial charge in [-0.05, 0) is 51.4 Å². The number of hydrogen-bond acceptors (Lipinski definition) is 4. The van der Waals surface area contributed by atoms with Crippen LogP contribution in [0.4, 0.5) is 0 Å². The van der Waals surface area contributed by atoms with Gasteiger partial charge in [0.1, 0.15) is 11.6 Å². The molecule has 0 spiro atoms. The minimum atomic E-state index is -0.459. The number of nitrogens with one attached hydrogen (secondary N) is 1. The third-order valence-corrected chi connectivity index (χ3v) is 4.66. The fraction of sp³-hybridized carbons (Fsp3) is 0.471. The monoisotopic (exact) mass is 312 g/mol. The molecule has 0 amide bonds. The zero-order valence-corrected chi connectivity index (χ0v) is 13.2. The van der Waals surface area contributed by atoms with Crippen molar-refractivity contribution in [2.45, 2.75) is 38.8 Å². The highest BCUT2D eigenvalue weighted by Crippen LogP contribution is 2.14. The molecule has 0 aliphatic carbocycles. The lowest BCUT2D eigenvalue weighted by molar-refractivity contribution is 0.239. The van der Waals surface area contributed by atoms with Gasteiger partial charge >= 0.3 is 0 Å². The molecular weight excluding hydrogens is 292 g/mol. The molecule has 1 aliphatic rings. The number of fused-ring (bicyclic) bond motifs is 1. The zero-order valence-electron chi connectivity index (χ0n) is 13.2. The maximum atomic E-state index is 12.6. The number of aromatic nitrogens is 2. The molecule has 2 aromatic rings. The van der Waals surface area contributed by atoms with E-state index in [0.717, 1.165) is 19.5 Å². The second-order valence-corrected chi connectivity index (χ2v) is 6.15. The van der Waals surface area contributed by atoms with Crippen LogP contribution in [0.1, 0.15) is 31.7 Å². The second kappa shape index (κ2) is 6.39. The molecule has 0 unspecified atom stereocenters. The van der Waals surface area contributed by atoms with E-state index in [1.54, 1.807) is 16.8 Å². The Labute approximate surface area is 134 Å². The van der Waals surface area contributed by atoms with Crippen molar-refractivity contribution in [1.82, 2.24) is 14.5 Å². The van der Waals surface area contributed by atoms with Crippen LogP contribution in [0.15, 0.2) is 27.9 Å². The van der Waals surface area contributed by atoms with Crippen molar-refractivity contribution in [2.75, 3.05) is 13.1 Å². The molecule has 3 heterocycles. The average molecular weight is 312 g/mol. The number of pyridine rings is 2. The van der Waals surface area contributed by atoms with Gasteiger partial charge in [0.25, 0.3) is 11.1 Å². The van der Waals surface area contributed by atoms with E-state index >= 15 is 0 Å². The van der Waals surface area contributed by atoms with Gasteiger partial charge in [-0.25, -0.2) is 0 Å². The van der Waals surface area contributed by atoms with E-state index in [2.05, 4.69) is 16.8 Å². The standard InChI is InChI=1S/C17H20N4O2/c1-12(20-6-2-3-7-20)4-8-21-9-5-15-14(17(21)23)10-13(11-18)16(22)19-15/h5,9-10,12H,2-4,6-8H2,1H3,(H,19,22)/t12-/m1/s1. The third kappa shape index (κ3) is 3.06. The van der Waals surface area contributed by atoms with E-state index < -0.39 is 5.56 Å². The summed E-state index contributed by atoms with van der Waals surface area (Å²) in [6, 6.07) is 5.38. The molecule has 120 valence electrons. The van der Waals surface area contributed by atoms with E-state index in [4.69, 9.17) is 5.26 Å². The van der Waals surface area contributed by atoms with Gasteiger partial charge in [-0.1, -0.05) is 0 Å². The number of H-pyrrole nitrogens is 1. The van der Waals surface area contributed by atoms with Gasteiger partial charge in [-0.3, -0.25) is 9.59 Å². The molecule has 23 heavy (non-hydrogen) atoms. The molecule has 1 fully saturated rings. The van der Waals surface area contributed by atoms with Crippen LogP contribution < -0.4 is 11.1 Å². The number of rotatable bonds is 4. The maximum absolute atomic E-state index is 12.6. The van der Waals surface area contributed by atoms with Crippen molar-refractivity contribution in [2.24, 2.45) is 0 Å². The first-order valence-corrected chi connectivity index (χ1v) is 8.01. The molecular formula is C17H20N4O2. The number of nitriles is 1. The van der Waals surface area contributed by atoms with Gasteiger partial charge in [0.05, 0.1) is 10.9 Å². The van der Waals surface area contributed by atoms with Gasteiger partial charge in [-0.2, -0.15) is 5.26 Å². The summed E-state index contributed by atoms with van der Waals surface area (Å²) >= 11 is 0. The fourth-order valence-electron chi connectivity index (χ4n) is 3.19. The average Bonchev–Trinajstić information content (AvgIpc) is 3.08. The fourth-order valence-corrected chi connectivity index (χ4v) is 3.19. The normalized spacial score (nSPS) is 16.5. The summed E-state index contributed by atoms with van der Waals surface area (Å²) < 4.78 is 1.66. The quantitative estimate of drug-likeness (QED) is 0.926. The number of likely N-dealkylation sites (tertiary alicyclic amines) is 1. The molecule has 1 atom stereocenters. The zero-order chi connectivity index (χ0) is 16.4. The summed E-state index contributed by atoms with van der Waals surface area (Å²) in [5.74, 6) is 0. The highest BCUT2D eigenvalue weighted by atomic mass is 16.1. The number of nitrogens with zero attached hydrogens (tertiary/aromatic N) is 3. The molecule has 6 nitrogen and oxygen atoms in total. The minimum absolute atomic E-state index is 0.0298. The molecule has 6 heteroatoms. The van der Waals surface area contributed by atoms with Gasteiger partial charge < -0.3 is 14.5 Å². The molecule has 0 aromatic carbocycles. The summed E-state index contributed by atoms with van der Waals surface area (Å²) in [6.07, 6.45) is 5.12. The van der Waals surface area contributed by atoms with Crippen molar-refractivity contribution in [3.05, 3.63) is 44.6 Å². The second-order valence-electron chi connectivity index (χ2n) is 6.15. The van der Waals surface area contributed by atoms with Crippen LogP contribution in [-0.4, -0.2) is 33.6 Å². The van der Waals surface area contributed by atoms with Crippen molar-refractivity contribution in [3.8, 4) is 6.07 Å². The first-order chi connectivity index (χ1) is 11.1. The Kier molecular flexibility index (Phi) is 4.30. The predicted molar refractivity (Wildman–Crippen MR) is 88.4 cm³/mol.